The van der Waals surface area contributed by atoms with Gasteiger partial charge in [-0.25, -0.2) is 0 Å². The molecule has 0 saturated heterocycles. The molecule has 2 heteroatoms. The van der Waals surface area contributed by atoms with Gasteiger partial charge in [-0.2, -0.15) is 0 Å². The number of benzene rings is 2. The van der Waals surface area contributed by atoms with E-state index >= 15 is 0 Å². The van der Waals surface area contributed by atoms with Gasteiger partial charge in [-0.3, -0.25) is 4.79 Å². The molecule has 128 valence electrons. The van der Waals surface area contributed by atoms with E-state index in [2.05, 4.69) is 31.7 Å². The van der Waals surface area contributed by atoms with Crippen molar-refractivity contribution in [2.24, 2.45) is 0 Å². The van der Waals surface area contributed by atoms with Gasteiger partial charge in [0.05, 0.1) is 5.92 Å². The molecule has 2 rings (SSSR count). The SMILES string of the molecule is CCCCCCCCC(=O)C(c1ccccc1)c1ccc(S)cc1. The molecule has 1 nitrogen and oxygen atoms in total. The summed E-state index contributed by atoms with van der Waals surface area (Å²) in [6, 6.07) is 18.1. The van der Waals surface area contributed by atoms with Crippen LogP contribution in [-0.2, 0) is 4.79 Å². The summed E-state index contributed by atoms with van der Waals surface area (Å²) in [6.45, 7) is 2.23. The lowest BCUT2D eigenvalue weighted by atomic mass is 9.85. The molecule has 0 saturated carbocycles. The van der Waals surface area contributed by atoms with Crippen molar-refractivity contribution in [2.45, 2.75) is 62.7 Å². The lowest BCUT2D eigenvalue weighted by Crippen LogP contribution is -2.14. The Labute approximate surface area is 151 Å². The number of ketones is 1. The summed E-state index contributed by atoms with van der Waals surface area (Å²) >= 11 is 4.35. The zero-order valence-corrected chi connectivity index (χ0v) is 15.5. The van der Waals surface area contributed by atoms with Gasteiger partial charge in [-0.05, 0) is 29.7 Å². The highest BCUT2D eigenvalue weighted by atomic mass is 32.1. The first-order valence-electron chi connectivity index (χ1n) is 9.09. The first-order valence-corrected chi connectivity index (χ1v) is 9.53. The van der Waals surface area contributed by atoms with Crippen LogP contribution in [0, 0.1) is 0 Å². The Morgan fingerprint density at radius 2 is 1.42 bits per heavy atom. The average molecular weight is 341 g/mol. The van der Waals surface area contributed by atoms with Crippen LogP contribution in [-0.4, -0.2) is 5.78 Å². The Morgan fingerprint density at radius 1 is 0.833 bits per heavy atom. The minimum absolute atomic E-state index is 0.157. The average Bonchev–Trinajstić information content (AvgIpc) is 2.61. The Morgan fingerprint density at radius 3 is 2.08 bits per heavy atom. The maximum atomic E-state index is 12.9. The van der Waals surface area contributed by atoms with Crippen molar-refractivity contribution in [1.82, 2.24) is 0 Å². The zero-order chi connectivity index (χ0) is 17.2. The van der Waals surface area contributed by atoms with E-state index in [0.717, 1.165) is 28.9 Å². The van der Waals surface area contributed by atoms with Crippen LogP contribution in [0.3, 0.4) is 0 Å². The first-order chi connectivity index (χ1) is 11.7. The van der Waals surface area contributed by atoms with Gasteiger partial charge in [-0.1, -0.05) is 81.5 Å². The van der Waals surface area contributed by atoms with Gasteiger partial charge in [0.2, 0.25) is 0 Å². The molecule has 24 heavy (non-hydrogen) atoms. The minimum Gasteiger partial charge on any atom is -0.299 e. The molecule has 0 aliphatic heterocycles. The predicted molar refractivity (Wildman–Crippen MR) is 105 cm³/mol. The summed E-state index contributed by atoms with van der Waals surface area (Å²) in [5.41, 5.74) is 2.15. The number of thiol groups is 1. The van der Waals surface area contributed by atoms with E-state index in [0.29, 0.717) is 12.2 Å². The molecule has 0 fully saturated rings. The standard InChI is InChI=1S/C22H28OS/c1-2-3-4-5-6-10-13-21(23)22(18-11-8-7-9-12-18)19-14-16-20(24)17-15-19/h7-9,11-12,14-17,22,24H,2-6,10,13H2,1H3. The maximum absolute atomic E-state index is 12.9. The third kappa shape index (κ3) is 5.83. The minimum atomic E-state index is -0.157. The zero-order valence-electron chi connectivity index (χ0n) is 14.6. The fourth-order valence-electron chi connectivity index (χ4n) is 3.10. The normalized spacial score (nSPS) is 12.1. The third-order valence-electron chi connectivity index (χ3n) is 4.46. The molecule has 0 amide bonds. The van der Waals surface area contributed by atoms with Gasteiger partial charge in [0, 0.05) is 11.3 Å². The molecule has 2 aromatic carbocycles. The van der Waals surface area contributed by atoms with Crippen molar-refractivity contribution in [3.8, 4) is 0 Å². The van der Waals surface area contributed by atoms with Crippen LogP contribution in [0.25, 0.3) is 0 Å². The van der Waals surface area contributed by atoms with Gasteiger partial charge < -0.3 is 0 Å². The van der Waals surface area contributed by atoms with Crippen LogP contribution in [0.5, 0.6) is 0 Å². The largest absolute Gasteiger partial charge is 0.299 e. The number of Topliss-reactive ketones (excluding diaryl/α,β-unsaturated/α-hetero) is 1. The first kappa shape index (κ1) is 18.8. The molecular weight excluding hydrogens is 312 g/mol. The van der Waals surface area contributed by atoms with Crippen molar-refractivity contribution < 1.29 is 4.79 Å². The summed E-state index contributed by atoms with van der Waals surface area (Å²) in [5.74, 6) is 0.166. The van der Waals surface area contributed by atoms with Crippen molar-refractivity contribution in [1.29, 1.82) is 0 Å². The number of hydrogen-bond acceptors (Lipinski definition) is 2. The second kappa shape index (κ2) is 10.4. The molecule has 1 atom stereocenters. The fourth-order valence-corrected chi connectivity index (χ4v) is 3.25. The number of hydrogen-bond donors (Lipinski definition) is 1. The summed E-state index contributed by atoms with van der Waals surface area (Å²) in [5, 5.41) is 0. The fraction of sp³-hybridized carbons (Fsp3) is 0.409. The summed E-state index contributed by atoms with van der Waals surface area (Å²) < 4.78 is 0. The van der Waals surface area contributed by atoms with Crippen LogP contribution >= 0.6 is 12.6 Å². The molecule has 0 aliphatic carbocycles. The van der Waals surface area contributed by atoms with E-state index in [4.69, 9.17) is 0 Å². The van der Waals surface area contributed by atoms with Gasteiger partial charge in [0.15, 0.2) is 0 Å². The van der Waals surface area contributed by atoms with Crippen molar-refractivity contribution in [2.75, 3.05) is 0 Å². The lowest BCUT2D eigenvalue weighted by molar-refractivity contribution is -0.119. The van der Waals surface area contributed by atoms with Gasteiger partial charge >= 0.3 is 0 Å². The molecule has 0 N–H and O–H groups in total. The monoisotopic (exact) mass is 340 g/mol. The predicted octanol–water partition coefficient (Wildman–Crippen LogP) is 6.43. The van der Waals surface area contributed by atoms with Crippen LogP contribution < -0.4 is 0 Å². The van der Waals surface area contributed by atoms with Crippen LogP contribution in [0.4, 0.5) is 0 Å². The van der Waals surface area contributed by atoms with E-state index in [1.807, 2.05) is 42.5 Å². The van der Waals surface area contributed by atoms with Crippen LogP contribution in [0.2, 0.25) is 0 Å². The molecule has 1 unspecified atom stereocenters. The smallest absolute Gasteiger partial charge is 0.144 e. The van der Waals surface area contributed by atoms with E-state index in [1.165, 1.54) is 25.7 Å². The second-order valence-electron chi connectivity index (χ2n) is 6.42. The molecule has 2 aromatic rings. The Kier molecular flexibility index (Phi) is 8.11. The van der Waals surface area contributed by atoms with E-state index in [1.54, 1.807) is 0 Å². The number of rotatable bonds is 10. The van der Waals surface area contributed by atoms with E-state index in [9.17, 15) is 4.79 Å². The Hall–Kier alpha value is -1.54. The second-order valence-corrected chi connectivity index (χ2v) is 6.94. The highest BCUT2D eigenvalue weighted by molar-refractivity contribution is 7.80. The molecule has 0 spiro atoms. The van der Waals surface area contributed by atoms with E-state index < -0.39 is 0 Å². The van der Waals surface area contributed by atoms with Gasteiger partial charge in [0.25, 0.3) is 0 Å². The lowest BCUT2D eigenvalue weighted by Gasteiger charge is -2.17. The molecule has 0 bridgehead atoms. The Bertz CT molecular complexity index is 604. The third-order valence-corrected chi connectivity index (χ3v) is 4.76. The van der Waals surface area contributed by atoms with Crippen molar-refractivity contribution in [3.05, 3.63) is 65.7 Å². The molecule has 0 aromatic heterocycles. The maximum Gasteiger partial charge on any atom is 0.144 e. The number of carbonyl (C=O) groups is 1. The van der Waals surface area contributed by atoms with Crippen LogP contribution in [0.1, 0.15) is 68.9 Å². The van der Waals surface area contributed by atoms with Crippen LogP contribution in [0.15, 0.2) is 59.5 Å². The topological polar surface area (TPSA) is 17.1 Å². The van der Waals surface area contributed by atoms with Gasteiger partial charge in [0.1, 0.15) is 5.78 Å². The molecule has 0 heterocycles. The number of carbonyl (C=O) groups excluding carboxylic acids is 1. The summed E-state index contributed by atoms with van der Waals surface area (Å²) in [4.78, 5) is 13.8. The van der Waals surface area contributed by atoms with Crippen molar-refractivity contribution in [3.63, 3.8) is 0 Å². The highest BCUT2D eigenvalue weighted by Gasteiger charge is 2.21. The molecule has 0 aliphatic rings. The summed E-state index contributed by atoms with van der Waals surface area (Å²) in [6.07, 6.45) is 7.90. The Balaban J connectivity index is 2.03. The van der Waals surface area contributed by atoms with E-state index in [-0.39, 0.29) is 5.92 Å². The van der Waals surface area contributed by atoms with Crippen molar-refractivity contribution >= 4 is 18.4 Å². The molecule has 0 radical (unpaired) electrons. The highest BCUT2D eigenvalue weighted by Crippen LogP contribution is 2.28. The summed E-state index contributed by atoms with van der Waals surface area (Å²) in [7, 11) is 0. The number of unbranched alkanes of at least 4 members (excludes halogenated alkanes) is 5. The molecular formula is C22H28OS. The quantitative estimate of drug-likeness (QED) is 0.390. The van der Waals surface area contributed by atoms with Gasteiger partial charge in [-0.15, -0.1) is 12.6 Å².